The van der Waals surface area contributed by atoms with Crippen LogP contribution in [0, 0.1) is 5.82 Å². The zero-order valence-electron chi connectivity index (χ0n) is 16.5. The van der Waals surface area contributed by atoms with Crippen LogP contribution in [0.3, 0.4) is 0 Å². The maximum Gasteiger partial charge on any atom is 0.363 e. The number of aliphatic imine (C=N–C) groups is 1. The van der Waals surface area contributed by atoms with Crippen molar-refractivity contribution in [3.63, 3.8) is 0 Å². The van der Waals surface area contributed by atoms with E-state index in [9.17, 15) is 9.18 Å². The summed E-state index contributed by atoms with van der Waals surface area (Å²) >= 11 is 6.16. The lowest BCUT2D eigenvalue weighted by atomic mass is 10.1. The quantitative estimate of drug-likeness (QED) is 0.382. The Balaban J connectivity index is 1.56. The molecule has 0 radical (unpaired) electrons. The third-order valence-electron chi connectivity index (χ3n) is 4.56. The number of ether oxygens (including phenoxy) is 3. The Kier molecular flexibility index (Phi) is 6.00. The number of benzene rings is 3. The van der Waals surface area contributed by atoms with Gasteiger partial charge in [-0.15, -0.1) is 0 Å². The van der Waals surface area contributed by atoms with Gasteiger partial charge in [0, 0.05) is 5.56 Å². The van der Waals surface area contributed by atoms with Crippen LogP contribution in [0.5, 0.6) is 11.5 Å². The Morgan fingerprint density at radius 3 is 2.61 bits per heavy atom. The molecule has 0 saturated carbocycles. The first-order valence-electron chi connectivity index (χ1n) is 9.37. The summed E-state index contributed by atoms with van der Waals surface area (Å²) in [6.07, 6.45) is 1.58. The molecule has 0 saturated heterocycles. The average Bonchev–Trinajstić information content (AvgIpc) is 3.13. The summed E-state index contributed by atoms with van der Waals surface area (Å²) in [7, 11) is 1.50. The SMILES string of the molecule is COc1cc(/C=C2/N=C(c3ccccc3Cl)OC2=O)ccc1OCc1ccccc1F. The first-order chi connectivity index (χ1) is 15.0. The van der Waals surface area contributed by atoms with E-state index < -0.39 is 5.97 Å². The molecular formula is C24H17ClFNO4. The monoisotopic (exact) mass is 437 g/mol. The highest BCUT2D eigenvalue weighted by molar-refractivity contribution is 6.34. The summed E-state index contributed by atoms with van der Waals surface area (Å²) in [6, 6.07) is 18.5. The fourth-order valence-electron chi connectivity index (χ4n) is 2.98. The largest absolute Gasteiger partial charge is 0.493 e. The number of hydrogen-bond acceptors (Lipinski definition) is 5. The highest BCUT2D eigenvalue weighted by atomic mass is 35.5. The number of rotatable bonds is 6. The highest BCUT2D eigenvalue weighted by Gasteiger charge is 2.25. The van der Waals surface area contributed by atoms with Crippen LogP contribution in [0.25, 0.3) is 6.08 Å². The van der Waals surface area contributed by atoms with Crippen molar-refractivity contribution >= 4 is 29.5 Å². The Hall–Kier alpha value is -3.64. The van der Waals surface area contributed by atoms with Crippen LogP contribution < -0.4 is 9.47 Å². The highest BCUT2D eigenvalue weighted by Crippen LogP contribution is 2.31. The van der Waals surface area contributed by atoms with Crippen molar-refractivity contribution in [2.24, 2.45) is 4.99 Å². The van der Waals surface area contributed by atoms with Gasteiger partial charge in [-0.05, 0) is 42.0 Å². The minimum Gasteiger partial charge on any atom is -0.493 e. The fourth-order valence-corrected chi connectivity index (χ4v) is 3.20. The minimum atomic E-state index is -0.575. The summed E-state index contributed by atoms with van der Waals surface area (Å²) in [5.74, 6) is 0.122. The Labute approximate surface area is 183 Å². The van der Waals surface area contributed by atoms with E-state index in [1.165, 1.54) is 13.2 Å². The van der Waals surface area contributed by atoms with E-state index >= 15 is 0 Å². The van der Waals surface area contributed by atoms with E-state index in [1.54, 1.807) is 66.7 Å². The van der Waals surface area contributed by atoms with Gasteiger partial charge in [-0.1, -0.05) is 48.0 Å². The molecule has 0 fully saturated rings. The van der Waals surface area contributed by atoms with Gasteiger partial charge < -0.3 is 14.2 Å². The summed E-state index contributed by atoms with van der Waals surface area (Å²) < 4.78 is 30.2. The lowest BCUT2D eigenvalue weighted by Crippen LogP contribution is -2.05. The van der Waals surface area contributed by atoms with Crippen molar-refractivity contribution in [2.45, 2.75) is 6.61 Å². The summed E-state index contributed by atoms with van der Waals surface area (Å²) in [6.45, 7) is 0.0568. The van der Waals surface area contributed by atoms with E-state index in [0.717, 1.165) is 0 Å². The van der Waals surface area contributed by atoms with Gasteiger partial charge in [0.05, 0.1) is 17.7 Å². The number of methoxy groups -OCH3 is 1. The second-order valence-electron chi connectivity index (χ2n) is 6.61. The molecule has 1 aliphatic heterocycles. The Bertz CT molecular complexity index is 1210. The lowest BCUT2D eigenvalue weighted by molar-refractivity contribution is -0.129. The molecule has 1 aliphatic rings. The van der Waals surface area contributed by atoms with Gasteiger partial charge in [-0.2, -0.15) is 0 Å². The topological polar surface area (TPSA) is 57.1 Å². The van der Waals surface area contributed by atoms with Crippen molar-refractivity contribution in [3.8, 4) is 11.5 Å². The molecule has 0 bridgehead atoms. The van der Waals surface area contributed by atoms with Gasteiger partial charge in [0.25, 0.3) is 0 Å². The van der Waals surface area contributed by atoms with Gasteiger partial charge in [0.15, 0.2) is 17.2 Å². The normalized spacial score (nSPS) is 14.4. The number of esters is 1. The third kappa shape index (κ3) is 4.59. The van der Waals surface area contributed by atoms with Gasteiger partial charge in [-0.3, -0.25) is 0 Å². The summed E-state index contributed by atoms with van der Waals surface area (Å²) in [5.41, 5.74) is 1.77. The molecule has 31 heavy (non-hydrogen) atoms. The van der Waals surface area contributed by atoms with Crippen molar-refractivity contribution < 1.29 is 23.4 Å². The maximum absolute atomic E-state index is 13.8. The number of cyclic esters (lactones) is 1. The van der Waals surface area contributed by atoms with Crippen molar-refractivity contribution in [3.05, 3.63) is 100.0 Å². The van der Waals surface area contributed by atoms with Crippen LogP contribution in [0.2, 0.25) is 5.02 Å². The van der Waals surface area contributed by atoms with Crippen LogP contribution in [-0.2, 0) is 16.1 Å². The van der Waals surface area contributed by atoms with E-state index in [-0.39, 0.29) is 24.0 Å². The van der Waals surface area contributed by atoms with E-state index in [2.05, 4.69) is 4.99 Å². The smallest absolute Gasteiger partial charge is 0.363 e. The fraction of sp³-hybridized carbons (Fsp3) is 0.0833. The van der Waals surface area contributed by atoms with Gasteiger partial charge in [0.1, 0.15) is 12.4 Å². The second-order valence-corrected chi connectivity index (χ2v) is 7.01. The molecule has 7 heteroatoms. The number of halogens is 2. The molecule has 4 rings (SSSR count). The van der Waals surface area contributed by atoms with Crippen LogP contribution in [0.15, 0.2) is 77.4 Å². The number of nitrogens with zero attached hydrogens (tertiary/aromatic N) is 1. The predicted octanol–water partition coefficient (Wildman–Crippen LogP) is 5.41. The second kappa shape index (κ2) is 9.02. The molecule has 0 atom stereocenters. The number of hydrogen-bond donors (Lipinski definition) is 0. The molecule has 0 unspecified atom stereocenters. The first-order valence-corrected chi connectivity index (χ1v) is 9.74. The molecule has 3 aromatic carbocycles. The van der Waals surface area contributed by atoms with Crippen LogP contribution in [0.1, 0.15) is 16.7 Å². The number of carbonyl (C=O) groups excluding carboxylic acids is 1. The standard InChI is InChI=1S/C24H17ClFNO4/c1-29-22-13-15(10-11-21(22)30-14-16-6-2-5-9-19(16)26)12-20-24(28)31-23(27-20)17-7-3-4-8-18(17)25/h2-13H,14H2,1H3/b20-12+. The van der Waals surface area contributed by atoms with Crippen molar-refractivity contribution in [1.29, 1.82) is 0 Å². The summed E-state index contributed by atoms with van der Waals surface area (Å²) in [5, 5.41) is 0.438. The van der Waals surface area contributed by atoms with Gasteiger partial charge in [0.2, 0.25) is 5.90 Å². The third-order valence-corrected chi connectivity index (χ3v) is 4.89. The zero-order valence-corrected chi connectivity index (χ0v) is 17.2. The average molecular weight is 438 g/mol. The molecule has 0 aromatic heterocycles. The Morgan fingerprint density at radius 1 is 1.06 bits per heavy atom. The van der Waals surface area contributed by atoms with Gasteiger partial charge in [-0.25, -0.2) is 14.2 Å². The van der Waals surface area contributed by atoms with E-state index in [0.29, 0.717) is 33.2 Å². The lowest BCUT2D eigenvalue weighted by Gasteiger charge is -2.12. The molecule has 0 spiro atoms. The van der Waals surface area contributed by atoms with Crippen LogP contribution in [0.4, 0.5) is 4.39 Å². The Morgan fingerprint density at radius 2 is 1.84 bits per heavy atom. The molecule has 156 valence electrons. The summed E-state index contributed by atoms with van der Waals surface area (Å²) in [4.78, 5) is 16.5. The molecule has 3 aromatic rings. The minimum absolute atomic E-state index is 0.0568. The molecule has 0 N–H and O–H groups in total. The van der Waals surface area contributed by atoms with Crippen LogP contribution >= 0.6 is 11.6 Å². The molecular weight excluding hydrogens is 421 g/mol. The molecule has 5 nitrogen and oxygen atoms in total. The molecule has 1 heterocycles. The maximum atomic E-state index is 13.8. The molecule has 0 amide bonds. The van der Waals surface area contributed by atoms with Crippen molar-refractivity contribution in [2.75, 3.05) is 7.11 Å². The molecule has 0 aliphatic carbocycles. The predicted molar refractivity (Wildman–Crippen MR) is 116 cm³/mol. The van der Waals surface area contributed by atoms with Gasteiger partial charge >= 0.3 is 5.97 Å². The van der Waals surface area contributed by atoms with E-state index in [4.69, 9.17) is 25.8 Å². The van der Waals surface area contributed by atoms with E-state index in [1.807, 2.05) is 0 Å². The van der Waals surface area contributed by atoms with Crippen LogP contribution in [-0.4, -0.2) is 19.0 Å². The first kappa shape index (κ1) is 20.6. The zero-order chi connectivity index (χ0) is 21.8. The van der Waals surface area contributed by atoms with Crippen molar-refractivity contribution in [1.82, 2.24) is 0 Å². The number of carbonyl (C=O) groups is 1.